The van der Waals surface area contributed by atoms with E-state index in [-0.39, 0.29) is 5.54 Å². The number of nitrogens with one attached hydrogen (secondary N) is 2. The van der Waals surface area contributed by atoms with Crippen LogP contribution in [0.2, 0.25) is 0 Å². The second-order valence-corrected chi connectivity index (χ2v) is 4.54. The molecular formula is C12H16N2O. The topological polar surface area (TPSA) is 33.3 Å². The van der Waals surface area contributed by atoms with Gasteiger partial charge in [-0.25, -0.2) is 0 Å². The van der Waals surface area contributed by atoms with Gasteiger partial charge in [0, 0.05) is 24.7 Å². The first-order valence-electron chi connectivity index (χ1n) is 5.51. The molecule has 0 aromatic heterocycles. The molecule has 3 rings (SSSR count). The van der Waals surface area contributed by atoms with Gasteiger partial charge in [-0.15, -0.1) is 0 Å². The summed E-state index contributed by atoms with van der Waals surface area (Å²) in [5.74, 6) is 1.03. The van der Waals surface area contributed by atoms with Crippen molar-refractivity contribution in [3.05, 3.63) is 29.8 Å². The minimum atomic E-state index is -0.00569. The fraction of sp³-hybridized carbons (Fsp3) is 0.500. The van der Waals surface area contributed by atoms with Crippen molar-refractivity contribution in [3.63, 3.8) is 0 Å². The molecule has 2 aliphatic heterocycles. The fourth-order valence-electron chi connectivity index (χ4n) is 2.61. The quantitative estimate of drug-likeness (QED) is 0.657. The molecule has 2 atom stereocenters. The van der Waals surface area contributed by atoms with Crippen molar-refractivity contribution in [2.24, 2.45) is 0 Å². The Kier molecular flexibility index (Phi) is 1.97. The van der Waals surface area contributed by atoms with Crippen LogP contribution in [0.1, 0.15) is 12.5 Å². The molecule has 2 aliphatic rings. The summed E-state index contributed by atoms with van der Waals surface area (Å²) >= 11 is 0. The molecule has 0 radical (unpaired) electrons. The number of benzene rings is 1. The highest BCUT2D eigenvalue weighted by Crippen LogP contribution is 2.37. The van der Waals surface area contributed by atoms with E-state index in [1.165, 1.54) is 5.56 Å². The lowest BCUT2D eigenvalue weighted by Gasteiger charge is -2.38. The molecule has 0 saturated carbocycles. The number of para-hydroxylation sites is 1. The van der Waals surface area contributed by atoms with Gasteiger partial charge in [0.15, 0.2) is 0 Å². The Bertz CT molecular complexity index is 376. The summed E-state index contributed by atoms with van der Waals surface area (Å²) in [5.41, 5.74) is 1.29. The van der Waals surface area contributed by atoms with Gasteiger partial charge >= 0.3 is 0 Å². The lowest BCUT2D eigenvalue weighted by Crippen LogP contribution is -2.61. The Morgan fingerprint density at radius 3 is 3.13 bits per heavy atom. The van der Waals surface area contributed by atoms with Gasteiger partial charge < -0.3 is 10.1 Å². The largest absolute Gasteiger partial charge is 0.491 e. The van der Waals surface area contributed by atoms with E-state index in [1.807, 2.05) is 12.1 Å². The Morgan fingerprint density at radius 1 is 1.40 bits per heavy atom. The van der Waals surface area contributed by atoms with Crippen LogP contribution in [0.5, 0.6) is 5.75 Å². The molecule has 80 valence electrons. The number of ether oxygens (including phenoxy) is 1. The monoisotopic (exact) mass is 204 g/mol. The van der Waals surface area contributed by atoms with Crippen LogP contribution in [0.25, 0.3) is 0 Å². The summed E-state index contributed by atoms with van der Waals surface area (Å²) in [6, 6.07) is 8.81. The van der Waals surface area contributed by atoms with Gasteiger partial charge in [-0.3, -0.25) is 5.32 Å². The van der Waals surface area contributed by atoms with Crippen molar-refractivity contribution in [1.82, 2.24) is 10.6 Å². The van der Waals surface area contributed by atoms with Crippen LogP contribution in [0.15, 0.2) is 24.3 Å². The SMILES string of the molecule is CC1CNCC2(COc3ccccc32)N1. The second-order valence-electron chi connectivity index (χ2n) is 4.54. The van der Waals surface area contributed by atoms with E-state index in [1.54, 1.807) is 0 Å². The molecule has 2 N–H and O–H groups in total. The molecule has 3 nitrogen and oxygen atoms in total. The number of hydrogen-bond donors (Lipinski definition) is 2. The van der Waals surface area contributed by atoms with E-state index in [0.29, 0.717) is 6.04 Å². The molecule has 1 saturated heterocycles. The Balaban J connectivity index is 2.00. The summed E-state index contributed by atoms with van der Waals surface area (Å²) in [5, 5.41) is 7.13. The van der Waals surface area contributed by atoms with Crippen molar-refractivity contribution in [2.45, 2.75) is 18.5 Å². The lowest BCUT2D eigenvalue weighted by atomic mass is 9.89. The number of fused-ring (bicyclic) bond motifs is 2. The molecule has 15 heavy (non-hydrogen) atoms. The van der Waals surface area contributed by atoms with E-state index in [0.717, 1.165) is 25.4 Å². The van der Waals surface area contributed by atoms with Crippen molar-refractivity contribution < 1.29 is 4.74 Å². The molecule has 2 heterocycles. The van der Waals surface area contributed by atoms with Crippen LogP contribution in [-0.2, 0) is 5.54 Å². The summed E-state index contributed by atoms with van der Waals surface area (Å²) < 4.78 is 5.74. The van der Waals surface area contributed by atoms with Crippen LogP contribution < -0.4 is 15.4 Å². The van der Waals surface area contributed by atoms with Crippen LogP contribution in [0.3, 0.4) is 0 Å². The third-order valence-electron chi connectivity index (χ3n) is 3.28. The molecule has 0 amide bonds. The summed E-state index contributed by atoms with van der Waals surface area (Å²) in [4.78, 5) is 0. The van der Waals surface area contributed by atoms with E-state index < -0.39 is 0 Å². The van der Waals surface area contributed by atoms with Crippen LogP contribution in [-0.4, -0.2) is 25.7 Å². The summed E-state index contributed by atoms with van der Waals surface area (Å²) in [7, 11) is 0. The van der Waals surface area contributed by atoms with Crippen molar-refractivity contribution in [2.75, 3.05) is 19.7 Å². The average molecular weight is 204 g/mol. The zero-order valence-corrected chi connectivity index (χ0v) is 8.92. The zero-order chi connectivity index (χ0) is 10.3. The second kappa shape index (κ2) is 3.22. The predicted molar refractivity (Wildman–Crippen MR) is 59.1 cm³/mol. The number of piperazine rings is 1. The molecule has 1 aromatic rings. The third-order valence-corrected chi connectivity index (χ3v) is 3.28. The normalized spacial score (nSPS) is 33.8. The van der Waals surface area contributed by atoms with E-state index >= 15 is 0 Å². The lowest BCUT2D eigenvalue weighted by molar-refractivity contribution is 0.178. The van der Waals surface area contributed by atoms with E-state index in [9.17, 15) is 0 Å². The van der Waals surface area contributed by atoms with Gasteiger partial charge in [0.2, 0.25) is 0 Å². The highest BCUT2D eigenvalue weighted by molar-refractivity contribution is 5.43. The fourth-order valence-corrected chi connectivity index (χ4v) is 2.61. The number of hydrogen-bond acceptors (Lipinski definition) is 3. The molecule has 1 aromatic carbocycles. The maximum absolute atomic E-state index is 5.74. The maximum atomic E-state index is 5.74. The summed E-state index contributed by atoms with van der Waals surface area (Å²) in [6.45, 7) is 4.93. The van der Waals surface area contributed by atoms with Crippen molar-refractivity contribution in [1.29, 1.82) is 0 Å². The molecule has 0 aliphatic carbocycles. The standard InChI is InChI=1S/C12H16N2O/c1-9-6-13-7-12(14-9)8-15-11-5-3-2-4-10(11)12/h2-5,9,13-14H,6-8H2,1H3. The Morgan fingerprint density at radius 2 is 2.27 bits per heavy atom. The molecule has 2 unspecified atom stereocenters. The third kappa shape index (κ3) is 1.34. The summed E-state index contributed by atoms with van der Waals surface area (Å²) in [6.07, 6.45) is 0. The Hall–Kier alpha value is -1.06. The van der Waals surface area contributed by atoms with Gasteiger partial charge in [0.05, 0.1) is 5.54 Å². The zero-order valence-electron chi connectivity index (χ0n) is 8.92. The van der Waals surface area contributed by atoms with E-state index in [2.05, 4.69) is 29.7 Å². The molecule has 1 spiro atoms. The molecule has 0 bridgehead atoms. The highest BCUT2D eigenvalue weighted by atomic mass is 16.5. The maximum Gasteiger partial charge on any atom is 0.124 e. The number of rotatable bonds is 0. The van der Waals surface area contributed by atoms with Crippen molar-refractivity contribution in [3.8, 4) is 5.75 Å². The first kappa shape index (κ1) is 9.19. The minimum Gasteiger partial charge on any atom is -0.491 e. The van der Waals surface area contributed by atoms with Crippen LogP contribution in [0.4, 0.5) is 0 Å². The first-order chi connectivity index (χ1) is 7.30. The van der Waals surface area contributed by atoms with E-state index in [4.69, 9.17) is 4.74 Å². The smallest absolute Gasteiger partial charge is 0.124 e. The Labute approximate surface area is 89.8 Å². The van der Waals surface area contributed by atoms with Gasteiger partial charge in [0.25, 0.3) is 0 Å². The first-order valence-corrected chi connectivity index (χ1v) is 5.51. The highest BCUT2D eigenvalue weighted by Gasteiger charge is 2.42. The van der Waals surface area contributed by atoms with Crippen molar-refractivity contribution >= 4 is 0 Å². The molecule has 3 heteroatoms. The van der Waals surface area contributed by atoms with Gasteiger partial charge in [0.1, 0.15) is 12.4 Å². The average Bonchev–Trinajstić information content (AvgIpc) is 2.59. The predicted octanol–water partition coefficient (Wildman–Crippen LogP) is 0.856. The molecule has 1 fully saturated rings. The van der Waals surface area contributed by atoms with Gasteiger partial charge in [-0.2, -0.15) is 0 Å². The molecular weight excluding hydrogens is 188 g/mol. The van der Waals surface area contributed by atoms with Gasteiger partial charge in [-0.05, 0) is 13.0 Å². The minimum absolute atomic E-state index is 0.00569. The van der Waals surface area contributed by atoms with Crippen LogP contribution >= 0.6 is 0 Å². The van der Waals surface area contributed by atoms with Gasteiger partial charge in [-0.1, -0.05) is 18.2 Å². The van der Waals surface area contributed by atoms with Crippen LogP contribution in [0, 0.1) is 0 Å².